The molecule has 0 N–H and O–H groups in total. The van der Waals surface area contributed by atoms with Crippen LogP contribution in [0, 0.1) is 6.92 Å². The second kappa shape index (κ2) is 7.15. The molecule has 1 saturated heterocycles. The summed E-state index contributed by atoms with van der Waals surface area (Å²) in [5, 5.41) is 0. The number of rotatable bonds is 4. The molecule has 0 spiro atoms. The van der Waals surface area contributed by atoms with Crippen LogP contribution in [0.5, 0.6) is 0 Å². The molecule has 0 saturated carbocycles. The van der Waals surface area contributed by atoms with E-state index in [2.05, 4.69) is 9.97 Å². The molecule has 1 aliphatic heterocycles. The number of carbonyl (C=O) groups excluding carboxylic acids is 1. The van der Waals surface area contributed by atoms with Crippen LogP contribution in [0.2, 0.25) is 0 Å². The zero-order valence-corrected chi connectivity index (χ0v) is 15.1. The molecule has 136 valence electrons. The minimum Gasteiger partial charge on any atom is -0.337 e. The molecule has 0 aromatic carbocycles. The second-order valence-corrected chi connectivity index (χ2v) is 6.83. The summed E-state index contributed by atoms with van der Waals surface area (Å²) in [7, 11) is 0. The van der Waals surface area contributed by atoms with Gasteiger partial charge in [0.05, 0.1) is 6.54 Å². The Bertz CT molecular complexity index is 1010. The molecule has 3 aromatic heterocycles. The average molecular weight is 360 g/mol. The molecule has 27 heavy (non-hydrogen) atoms. The maximum Gasteiger partial charge on any atom is 0.263 e. The summed E-state index contributed by atoms with van der Waals surface area (Å²) in [6.07, 6.45) is 6.91. The zero-order valence-electron chi connectivity index (χ0n) is 15.1. The Morgan fingerprint density at radius 1 is 1.15 bits per heavy atom. The molecular weight excluding hydrogens is 340 g/mol. The predicted molar refractivity (Wildman–Crippen MR) is 102 cm³/mol. The lowest BCUT2D eigenvalue weighted by atomic mass is 9.94. The molecule has 6 nitrogen and oxygen atoms in total. The van der Waals surface area contributed by atoms with E-state index in [0.717, 1.165) is 11.3 Å². The van der Waals surface area contributed by atoms with Crippen molar-refractivity contribution >= 4 is 5.91 Å². The van der Waals surface area contributed by atoms with Gasteiger partial charge in [-0.2, -0.15) is 0 Å². The van der Waals surface area contributed by atoms with Crippen LogP contribution in [0.1, 0.15) is 33.1 Å². The van der Waals surface area contributed by atoms with E-state index in [0.29, 0.717) is 25.2 Å². The lowest BCUT2D eigenvalue weighted by Gasteiger charge is -2.39. The van der Waals surface area contributed by atoms with Gasteiger partial charge in [0.1, 0.15) is 5.56 Å². The minimum atomic E-state index is -0.259. The van der Waals surface area contributed by atoms with Crippen LogP contribution in [0.25, 0.3) is 0 Å². The van der Waals surface area contributed by atoms with Crippen molar-refractivity contribution in [1.82, 2.24) is 19.4 Å². The summed E-state index contributed by atoms with van der Waals surface area (Å²) in [6.45, 7) is 3.38. The van der Waals surface area contributed by atoms with Crippen molar-refractivity contribution in [3.8, 4) is 0 Å². The SMILES string of the molecule is Cc1ccn(Cc2cccnc2)c(=O)c1C(=O)N1CC(c2ccccn2)C1. The highest BCUT2D eigenvalue weighted by atomic mass is 16.2. The van der Waals surface area contributed by atoms with E-state index in [1.807, 2.05) is 36.4 Å². The van der Waals surface area contributed by atoms with Gasteiger partial charge in [0.2, 0.25) is 0 Å². The topological polar surface area (TPSA) is 68.1 Å². The van der Waals surface area contributed by atoms with Crippen LogP contribution >= 0.6 is 0 Å². The normalized spacial score (nSPS) is 14.0. The van der Waals surface area contributed by atoms with Gasteiger partial charge in [-0.05, 0) is 42.3 Å². The third kappa shape index (κ3) is 3.38. The summed E-state index contributed by atoms with van der Waals surface area (Å²) >= 11 is 0. The maximum absolute atomic E-state index is 12.9. The van der Waals surface area contributed by atoms with Crippen molar-refractivity contribution in [3.63, 3.8) is 0 Å². The lowest BCUT2D eigenvalue weighted by Crippen LogP contribution is -2.50. The van der Waals surface area contributed by atoms with E-state index in [9.17, 15) is 9.59 Å². The van der Waals surface area contributed by atoms with Gasteiger partial charge in [0.15, 0.2) is 0 Å². The zero-order chi connectivity index (χ0) is 18.8. The molecule has 1 amide bonds. The van der Waals surface area contributed by atoms with Crippen LogP contribution in [-0.2, 0) is 6.54 Å². The smallest absolute Gasteiger partial charge is 0.263 e. The van der Waals surface area contributed by atoms with E-state index in [1.165, 1.54) is 0 Å². The minimum absolute atomic E-state index is 0.204. The monoisotopic (exact) mass is 360 g/mol. The Hall–Kier alpha value is -3.28. The van der Waals surface area contributed by atoms with Gasteiger partial charge >= 0.3 is 0 Å². The number of hydrogen-bond donors (Lipinski definition) is 0. The molecule has 0 radical (unpaired) electrons. The molecule has 0 unspecified atom stereocenters. The van der Waals surface area contributed by atoms with Crippen LogP contribution < -0.4 is 5.56 Å². The van der Waals surface area contributed by atoms with Gasteiger partial charge in [0, 0.05) is 49.5 Å². The van der Waals surface area contributed by atoms with E-state index < -0.39 is 0 Å². The van der Waals surface area contributed by atoms with Crippen molar-refractivity contribution in [2.75, 3.05) is 13.1 Å². The first-order valence-corrected chi connectivity index (χ1v) is 8.92. The Morgan fingerprint density at radius 2 is 2.00 bits per heavy atom. The molecule has 0 atom stereocenters. The fourth-order valence-corrected chi connectivity index (χ4v) is 3.35. The van der Waals surface area contributed by atoms with Gasteiger partial charge in [0.25, 0.3) is 11.5 Å². The molecule has 0 bridgehead atoms. The maximum atomic E-state index is 12.9. The molecular formula is C21H20N4O2. The van der Waals surface area contributed by atoms with E-state index >= 15 is 0 Å². The number of pyridine rings is 3. The predicted octanol–water partition coefficient (Wildman–Crippen LogP) is 2.23. The molecule has 1 fully saturated rings. The van der Waals surface area contributed by atoms with Gasteiger partial charge in [-0.15, -0.1) is 0 Å². The molecule has 4 heterocycles. The third-order valence-electron chi connectivity index (χ3n) is 4.94. The van der Waals surface area contributed by atoms with Crippen molar-refractivity contribution in [1.29, 1.82) is 0 Å². The van der Waals surface area contributed by atoms with Gasteiger partial charge in [-0.25, -0.2) is 0 Å². The summed E-state index contributed by atoms with van der Waals surface area (Å²) in [4.78, 5) is 36.0. The van der Waals surface area contributed by atoms with Gasteiger partial charge < -0.3 is 9.47 Å². The highest BCUT2D eigenvalue weighted by Gasteiger charge is 2.34. The second-order valence-electron chi connectivity index (χ2n) is 6.83. The van der Waals surface area contributed by atoms with E-state index in [-0.39, 0.29) is 22.9 Å². The molecule has 6 heteroatoms. The third-order valence-corrected chi connectivity index (χ3v) is 4.94. The number of nitrogens with zero attached hydrogens (tertiary/aromatic N) is 4. The Morgan fingerprint density at radius 3 is 2.70 bits per heavy atom. The number of hydrogen-bond acceptors (Lipinski definition) is 4. The summed E-state index contributed by atoms with van der Waals surface area (Å²) in [5.41, 5.74) is 2.60. The largest absolute Gasteiger partial charge is 0.337 e. The van der Waals surface area contributed by atoms with Crippen LogP contribution in [0.4, 0.5) is 0 Å². The van der Waals surface area contributed by atoms with Crippen LogP contribution in [0.15, 0.2) is 66.0 Å². The number of aryl methyl sites for hydroxylation is 1. The van der Waals surface area contributed by atoms with Gasteiger partial charge in [-0.3, -0.25) is 19.6 Å². The Kier molecular flexibility index (Phi) is 4.54. The molecule has 4 rings (SSSR count). The summed E-state index contributed by atoms with van der Waals surface area (Å²) < 4.78 is 1.56. The Labute approximate surface area is 157 Å². The summed E-state index contributed by atoms with van der Waals surface area (Å²) in [5.74, 6) is 0.0296. The first-order chi connectivity index (χ1) is 13.1. The number of carbonyl (C=O) groups is 1. The van der Waals surface area contributed by atoms with E-state index in [4.69, 9.17) is 0 Å². The van der Waals surface area contributed by atoms with Crippen LogP contribution in [0.3, 0.4) is 0 Å². The fourth-order valence-electron chi connectivity index (χ4n) is 3.35. The number of aromatic nitrogens is 3. The lowest BCUT2D eigenvalue weighted by molar-refractivity contribution is 0.0595. The molecule has 0 aliphatic carbocycles. The molecule has 3 aromatic rings. The number of amides is 1. The van der Waals surface area contributed by atoms with Crippen LogP contribution in [-0.4, -0.2) is 38.4 Å². The fraction of sp³-hybridized carbons (Fsp3) is 0.238. The Balaban J connectivity index is 1.54. The standard InChI is InChI=1S/C21H20N4O2/c1-15-7-10-24(12-16-5-4-8-22-11-16)20(26)19(15)21(27)25-13-17(14-25)18-6-2-3-9-23-18/h2-11,17H,12-14H2,1H3. The first-order valence-electron chi connectivity index (χ1n) is 8.92. The molecule has 1 aliphatic rings. The van der Waals surface area contributed by atoms with Crippen molar-refractivity contribution in [2.24, 2.45) is 0 Å². The highest BCUT2D eigenvalue weighted by molar-refractivity contribution is 5.95. The van der Waals surface area contributed by atoms with Crippen molar-refractivity contribution < 1.29 is 4.79 Å². The van der Waals surface area contributed by atoms with Crippen molar-refractivity contribution in [3.05, 3.63) is 93.9 Å². The van der Waals surface area contributed by atoms with Crippen molar-refractivity contribution in [2.45, 2.75) is 19.4 Å². The quantitative estimate of drug-likeness (QED) is 0.716. The van der Waals surface area contributed by atoms with Gasteiger partial charge in [-0.1, -0.05) is 12.1 Å². The average Bonchev–Trinajstić information content (AvgIpc) is 2.65. The number of likely N-dealkylation sites (tertiary alicyclic amines) is 1. The van der Waals surface area contributed by atoms with E-state index in [1.54, 1.807) is 41.2 Å². The highest BCUT2D eigenvalue weighted by Crippen LogP contribution is 2.26. The first kappa shape index (κ1) is 17.1. The summed E-state index contributed by atoms with van der Waals surface area (Å²) in [6, 6.07) is 11.4.